The summed E-state index contributed by atoms with van der Waals surface area (Å²) in [5, 5.41) is 7.64. The number of hydrogen-bond donors (Lipinski definition) is 2. The van der Waals surface area contributed by atoms with Crippen LogP contribution in [-0.2, 0) is 0 Å². The summed E-state index contributed by atoms with van der Waals surface area (Å²) in [5.41, 5.74) is 4.51. The van der Waals surface area contributed by atoms with E-state index in [-0.39, 0.29) is 4.75 Å². The maximum absolute atomic E-state index is 7.64. The molecule has 0 unspecified atom stereocenters. The Morgan fingerprint density at radius 1 is 1.12 bits per heavy atom. The summed E-state index contributed by atoms with van der Waals surface area (Å²) < 4.78 is 0.166. The van der Waals surface area contributed by atoms with Crippen molar-refractivity contribution in [3.63, 3.8) is 0 Å². The highest BCUT2D eigenvalue weighted by Crippen LogP contribution is 2.43. The highest BCUT2D eigenvalue weighted by Gasteiger charge is 2.21. The molecule has 0 fully saturated rings. The van der Waals surface area contributed by atoms with Crippen LogP contribution in [0.4, 0.5) is 0 Å². The standard InChI is InChI=1S/C21H27NS2/c1-6-21(4,5)24-18-12-11-17(13-22)20(23)19(18)16-9-7-15(8-10-16)14(2)3/h7-14,22-23H,6H2,1-5H3. The Balaban J connectivity index is 2.58. The van der Waals surface area contributed by atoms with Gasteiger partial charge in [-0.1, -0.05) is 65.0 Å². The molecule has 0 spiro atoms. The Hall–Kier alpha value is -1.19. The average molecular weight is 358 g/mol. The first-order chi connectivity index (χ1) is 11.3. The molecule has 0 atom stereocenters. The molecule has 2 rings (SSSR count). The Morgan fingerprint density at radius 2 is 1.75 bits per heavy atom. The van der Waals surface area contributed by atoms with E-state index in [4.69, 9.17) is 18.0 Å². The average Bonchev–Trinajstić information content (AvgIpc) is 2.55. The van der Waals surface area contributed by atoms with Crippen LogP contribution in [0, 0.1) is 5.41 Å². The third-order valence-electron chi connectivity index (χ3n) is 4.43. The molecule has 1 nitrogen and oxygen atoms in total. The summed E-state index contributed by atoms with van der Waals surface area (Å²) >= 11 is 6.64. The van der Waals surface area contributed by atoms with Gasteiger partial charge in [-0.15, -0.1) is 24.4 Å². The van der Waals surface area contributed by atoms with Gasteiger partial charge in [0.2, 0.25) is 0 Å². The first-order valence-electron chi connectivity index (χ1n) is 8.45. The van der Waals surface area contributed by atoms with E-state index in [0.717, 1.165) is 22.4 Å². The third kappa shape index (κ3) is 4.25. The Labute approximate surface area is 156 Å². The topological polar surface area (TPSA) is 23.9 Å². The number of benzene rings is 2. The normalized spacial score (nSPS) is 11.8. The van der Waals surface area contributed by atoms with E-state index in [1.807, 2.05) is 17.8 Å². The largest absolute Gasteiger partial charge is 0.308 e. The van der Waals surface area contributed by atoms with Crippen LogP contribution in [0.5, 0.6) is 0 Å². The van der Waals surface area contributed by atoms with Crippen molar-refractivity contribution in [3.8, 4) is 11.1 Å². The van der Waals surface area contributed by atoms with Crippen LogP contribution in [-0.4, -0.2) is 11.0 Å². The first kappa shape index (κ1) is 19.1. The number of thioether (sulfide) groups is 1. The summed E-state index contributed by atoms with van der Waals surface area (Å²) in [7, 11) is 0. The molecule has 2 aromatic carbocycles. The third-order valence-corrected chi connectivity index (χ3v) is 6.31. The van der Waals surface area contributed by atoms with Crippen molar-refractivity contribution in [2.75, 3.05) is 0 Å². The molecule has 0 bridgehead atoms. The first-order valence-corrected chi connectivity index (χ1v) is 9.71. The van der Waals surface area contributed by atoms with Crippen molar-refractivity contribution < 1.29 is 0 Å². The molecule has 0 aromatic heterocycles. The molecule has 0 saturated carbocycles. The van der Waals surface area contributed by atoms with Crippen LogP contribution < -0.4 is 0 Å². The van der Waals surface area contributed by atoms with E-state index in [2.05, 4.69) is 65.0 Å². The van der Waals surface area contributed by atoms with Gasteiger partial charge in [0.05, 0.1) is 0 Å². The minimum Gasteiger partial charge on any atom is -0.308 e. The van der Waals surface area contributed by atoms with Crippen LogP contribution in [0.25, 0.3) is 11.1 Å². The molecular weight excluding hydrogens is 330 g/mol. The van der Waals surface area contributed by atoms with Crippen molar-refractivity contribution in [2.45, 2.75) is 61.5 Å². The molecule has 0 saturated heterocycles. The minimum atomic E-state index is 0.166. The smallest absolute Gasteiger partial charge is 0.0261 e. The van der Waals surface area contributed by atoms with Gasteiger partial charge in [0.15, 0.2) is 0 Å². The van der Waals surface area contributed by atoms with Crippen molar-refractivity contribution in [3.05, 3.63) is 47.5 Å². The summed E-state index contributed by atoms with van der Waals surface area (Å²) in [6.07, 6.45) is 2.48. The summed E-state index contributed by atoms with van der Waals surface area (Å²) in [6, 6.07) is 12.9. The molecule has 0 aliphatic carbocycles. The van der Waals surface area contributed by atoms with E-state index in [1.165, 1.54) is 22.2 Å². The number of hydrogen-bond acceptors (Lipinski definition) is 3. The quantitative estimate of drug-likeness (QED) is 0.323. The molecule has 0 aliphatic heterocycles. The molecule has 0 radical (unpaired) electrons. The highest BCUT2D eigenvalue weighted by molar-refractivity contribution is 8.00. The van der Waals surface area contributed by atoms with E-state index in [9.17, 15) is 0 Å². The summed E-state index contributed by atoms with van der Waals surface area (Å²) in [6.45, 7) is 11.2. The molecule has 3 heteroatoms. The lowest BCUT2D eigenvalue weighted by molar-refractivity contribution is 0.684. The van der Waals surface area contributed by atoms with Crippen LogP contribution >= 0.6 is 24.4 Å². The van der Waals surface area contributed by atoms with Crippen LogP contribution in [0.3, 0.4) is 0 Å². The van der Waals surface area contributed by atoms with Gasteiger partial charge in [0.25, 0.3) is 0 Å². The number of nitrogens with one attached hydrogen (secondary N) is 1. The lowest BCUT2D eigenvalue weighted by Gasteiger charge is -2.25. The zero-order valence-corrected chi connectivity index (χ0v) is 16.9. The zero-order valence-electron chi connectivity index (χ0n) is 15.2. The molecule has 24 heavy (non-hydrogen) atoms. The van der Waals surface area contributed by atoms with Gasteiger partial charge in [-0.25, -0.2) is 0 Å². The monoisotopic (exact) mass is 357 g/mol. The SMILES string of the molecule is CCC(C)(C)Sc1ccc(C=N)c(S)c1-c1ccc(C(C)C)cc1. The molecule has 0 aliphatic rings. The second-order valence-corrected chi connectivity index (χ2v) is 9.21. The molecule has 0 amide bonds. The van der Waals surface area contributed by atoms with Crippen LogP contribution in [0.2, 0.25) is 0 Å². The lowest BCUT2D eigenvalue weighted by atomic mass is 9.98. The molecule has 2 aromatic rings. The van der Waals surface area contributed by atoms with Gasteiger partial charge in [0, 0.05) is 31.9 Å². The fraction of sp³-hybridized carbons (Fsp3) is 0.381. The zero-order chi connectivity index (χ0) is 17.9. The summed E-state index contributed by atoms with van der Waals surface area (Å²) in [4.78, 5) is 2.12. The lowest BCUT2D eigenvalue weighted by Crippen LogP contribution is -2.12. The van der Waals surface area contributed by atoms with E-state index in [1.54, 1.807) is 0 Å². The summed E-state index contributed by atoms with van der Waals surface area (Å²) in [5.74, 6) is 0.523. The van der Waals surface area contributed by atoms with Crippen molar-refractivity contribution in [1.29, 1.82) is 5.41 Å². The Kier molecular flexibility index (Phi) is 6.22. The van der Waals surface area contributed by atoms with E-state index >= 15 is 0 Å². The van der Waals surface area contributed by atoms with Gasteiger partial charge in [-0.05, 0) is 29.5 Å². The second-order valence-electron chi connectivity index (χ2n) is 7.01. The second kappa shape index (κ2) is 7.79. The van der Waals surface area contributed by atoms with Crippen molar-refractivity contribution in [2.24, 2.45) is 0 Å². The molecule has 1 N–H and O–H groups in total. The number of rotatable bonds is 6. The molecular formula is C21H27NS2. The van der Waals surface area contributed by atoms with Crippen LogP contribution in [0.15, 0.2) is 46.2 Å². The van der Waals surface area contributed by atoms with E-state index in [0.29, 0.717) is 5.92 Å². The van der Waals surface area contributed by atoms with Gasteiger partial charge >= 0.3 is 0 Å². The van der Waals surface area contributed by atoms with Gasteiger partial charge < -0.3 is 5.41 Å². The van der Waals surface area contributed by atoms with Gasteiger partial charge in [-0.2, -0.15) is 0 Å². The minimum absolute atomic E-state index is 0.166. The van der Waals surface area contributed by atoms with Crippen molar-refractivity contribution >= 4 is 30.6 Å². The fourth-order valence-corrected chi connectivity index (χ4v) is 4.14. The van der Waals surface area contributed by atoms with E-state index < -0.39 is 0 Å². The predicted octanol–water partition coefficient (Wildman–Crippen LogP) is 7.04. The maximum atomic E-state index is 7.64. The molecule has 0 heterocycles. The Bertz CT molecular complexity index is 715. The number of thiol groups is 1. The van der Waals surface area contributed by atoms with Crippen molar-refractivity contribution in [1.82, 2.24) is 0 Å². The highest BCUT2D eigenvalue weighted by atomic mass is 32.2. The fourth-order valence-electron chi connectivity index (χ4n) is 2.47. The molecule has 128 valence electrons. The van der Waals surface area contributed by atoms with Gasteiger partial charge in [-0.3, -0.25) is 0 Å². The van der Waals surface area contributed by atoms with Gasteiger partial charge in [0.1, 0.15) is 0 Å². The predicted molar refractivity (Wildman–Crippen MR) is 111 cm³/mol. The maximum Gasteiger partial charge on any atom is 0.0261 e. The Morgan fingerprint density at radius 3 is 2.25 bits per heavy atom. The van der Waals surface area contributed by atoms with Crippen LogP contribution in [0.1, 0.15) is 58.1 Å².